The molecule has 0 saturated carbocycles. The van der Waals surface area contributed by atoms with Crippen LogP contribution in [0.3, 0.4) is 0 Å². The van der Waals surface area contributed by atoms with E-state index in [0.29, 0.717) is 22.6 Å². The molecule has 3 aromatic rings. The molecule has 4 rings (SSSR count). The van der Waals surface area contributed by atoms with Crippen LogP contribution in [0.1, 0.15) is 39.1 Å². The van der Waals surface area contributed by atoms with Gasteiger partial charge in [0.2, 0.25) is 0 Å². The van der Waals surface area contributed by atoms with Gasteiger partial charge < -0.3 is 19.4 Å². The van der Waals surface area contributed by atoms with E-state index in [-0.39, 0.29) is 12.3 Å². The van der Waals surface area contributed by atoms with Crippen LogP contribution in [0.4, 0.5) is 4.79 Å². The van der Waals surface area contributed by atoms with Crippen LogP contribution in [-0.2, 0) is 23.3 Å². The van der Waals surface area contributed by atoms with E-state index in [1.165, 1.54) is 19.1 Å². The Kier molecular flexibility index (Phi) is 6.71. The first-order chi connectivity index (χ1) is 16.7. The summed E-state index contributed by atoms with van der Waals surface area (Å²) in [7, 11) is 3.02. The number of nitrogens with zero attached hydrogens (tertiary/aromatic N) is 2. The van der Waals surface area contributed by atoms with E-state index in [9.17, 15) is 14.4 Å². The lowest BCUT2D eigenvalue weighted by Gasteiger charge is -2.23. The van der Waals surface area contributed by atoms with Crippen LogP contribution in [0.15, 0.2) is 41.8 Å². The molecule has 0 aliphatic carbocycles. The summed E-state index contributed by atoms with van der Waals surface area (Å²) in [6.07, 6.45) is 0.873. The highest BCUT2D eigenvalue weighted by Gasteiger charge is 2.49. The van der Waals surface area contributed by atoms with Crippen molar-refractivity contribution in [1.29, 1.82) is 0 Å². The number of methoxy groups -OCH3 is 2. The molecule has 1 aliphatic rings. The quantitative estimate of drug-likeness (QED) is 0.357. The summed E-state index contributed by atoms with van der Waals surface area (Å²) in [5.41, 5.74) is 1.53. The molecule has 184 valence electrons. The zero-order valence-electron chi connectivity index (χ0n) is 20.5. The molecule has 35 heavy (non-hydrogen) atoms. The van der Waals surface area contributed by atoms with Crippen molar-refractivity contribution in [2.75, 3.05) is 20.8 Å². The fourth-order valence-electron chi connectivity index (χ4n) is 4.52. The molecule has 8 nitrogen and oxygen atoms in total. The molecule has 1 N–H and O–H groups in total. The minimum absolute atomic E-state index is 0.277. The number of benzene rings is 1. The average Bonchev–Trinajstić information content (AvgIpc) is 3.52. The van der Waals surface area contributed by atoms with E-state index < -0.39 is 17.5 Å². The lowest BCUT2D eigenvalue weighted by Crippen LogP contribution is -2.41. The van der Waals surface area contributed by atoms with E-state index in [0.717, 1.165) is 29.3 Å². The third kappa shape index (κ3) is 4.43. The molecule has 1 atom stereocenters. The summed E-state index contributed by atoms with van der Waals surface area (Å²) in [5.74, 6) is 0.186. The Morgan fingerprint density at radius 1 is 1.09 bits per heavy atom. The van der Waals surface area contributed by atoms with Gasteiger partial charge in [-0.25, -0.2) is 4.79 Å². The number of hydrogen-bond acceptors (Lipinski definition) is 6. The number of carbonyl (C=O) groups is 3. The Balaban J connectivity index is 1.53. The molecule has 0 radical (unpaired) electrons. The number of imide groups is 1. The van der Waals surface area contributed by atoms with Gasteiger partial charge in [-0.1, -0.05) is 12.1 Å². The number of hydrogen-bond donors (Lipinski definition) is 1. The minimum Gasteiger partial charge on any atom is -0.493 e. The fourth-order valence-corrected chi connectivity index (χ4v) is 5.21. The third-order valence-electron chi connectivity index (χ3n) is 6.57. The maximum atomic E-state index is 13.4. The first-order valence-corrected chi connectivity index (χ1v) is 12.2. The molecule has 1 aromatic carbocycles. The van der Waals surface area contributed by atoms with Gasteiger partial charge in [-0.05, 0) is 62.4 Å². The van der Waals surface area contributed by atoms with Crippen molar-refractivity contribution in [3.05, 3.63) is 69.2 Å². The van der Waals surface area contributed by atoms with Crippen LogP contribution in [0.2, 0.25) is 0 Å². The van der Waals surface area contributed by atoms with Crippen LogP contribution in [-0.4, -0.2) is 48.0 Å². The molecular weight excluding hydrogens is 466 g/mol. The minimum atomic E-state index is -1.32. The molecule has 0 spiro atoms. The van der Waals surface area contributed by atoms with E-state index in [1.54, 1.807) is 36.5 Å². The number of nitrogens with one attached hydrogen (secondary N) is 1. The number of ether oxygens (including phenoxy) is 2. The molecule has 0 bridgehead atoms. The van der Waals surface area contributed by atoms with Crippen molar-refractivity contribution in [3.63, 3.8) is 0 Å². The highest BCUT2D eigenvalue weighted by atomic mass is 32.1. The number of amides is 3. The molecule has 1 aliphatic heterocycles. The Hall–Kier alpha value is -3.59. The maximum Gasteiger partial charge on any atom is 0.325 e. The molecule has 1 fully saturated rings. The van der Waals surface area contributed by atoms with Gasteiger partial charge in [0.05, 0.1) is 20.8 Å². The number of thiophene rings is 1. The van der Waals surface area contributed by atoms with Crippen molar-refractivity contribution in [2.24, 2.45) is 0 Å². The zero-order chi connectivity index (χ0) is 25.3. The lowest BCUT2D eigenvalue weighted by atomic mass is 9.91. The first-order valence-electron chi connectivity index (χ1n) is 11.3. The Labute approximate surface area is 208 Å². The smallest absolute Gasteiger partial charge is 0.325 e. The van der Waals surface area contributed by atoms with Gasteiger partial charge in [0.15, 0.2) is 17.3 Å². The highest BCUT2D eigenvalue weighted by Crippen LogP contribution is 2.35. The van der Waals surface area contributed by atoms with Crippen LogP contribution in [0, 0.1) is 13.8 Å². The topological polar surface area (TPSA) is 89.9 Å². The zero-order valence-corrected chi connectivity index (χ0v) is 21.3. The van der Waals surface area contributed by atoms with Crippen LogP contribution >= 0.6 is 11.3 Å². The second-order valence-corrected chi connectivity index (χ2v) is 9.74. The summed E-state index contributed by atoms with van der Waals surface area (Å²) < 4.78 is 12.7. The molecule has 9 heteroatoms. The third-order valence-corrected chi connectivity index (χ3v) is 7.51. The predicted molar refractivity (Wildman–Crippen MR) is 133 cm³/mol. The van der Waals surface area contributed by atoms with Crippen molar-refractivity contribution in [2.45, 2.75) is 39.3 Å². The number of urea groups is 1. The standard InChI is InChI=1S/C26H29N3O5S/c1-16-13-20(17(2)28(16)11-10-19-7-6-12-35-19)21(30)15-29-24(31)26(3,27-25(29)32)18-8-9-22(33-4)23(14-18)34-5/h6-9,12-14H,10-11,15H2,1-5H3,(H,27,32). The van der Waals surface area contributed by atoms with E-state index in [2.05, 4.69) is 16.0 Å². The van der Waals surface area contributed by atoms with Crippen LogP contribution < -0.4 is 14.8 Å². The molecule has 2 aromatic heterocycles. The van der Waals surface area contributed by atoms with Gasteiger partial charge in [0, 0.05) is 28.4 Å². The number of aromatic nitrogens is 1. The Bertz CT molecular complexity index is 1280. The van der Waals surface area contributed by atoms with Gasteiger partial charge in [0.1, 0.15) is 5.54 Å². The van der Waals surface area contributed by atoms with Gasteiger partial charge >= 0.3 is 6.03 Å². The summed E-state index contributed by atoms with van der Waals surface area (Å²) in [4.78, 5) is 41.6. The molecule has 3 heterocycles. The van der Waals surface area contributed by atoms with Crippen molar-refractivity contribution < 1.29 is 23.9 Å². The largest absolute Gasteiger partial charge is 0.493 e. The number of Topliss-reactive ketones (excluding diaryl/α,β-unsaturated/α-hetero) is 1. The first kappa shape index (κ1) is 24.5. The summed E-state index contributed by atoms with van der Waals surface area (Å²) in [5, 5.41) is 4.79. The molecule has 1 saturated heterocycles. The van der Waals surface area contributed by atoms with Crippen molar-refractivity contribution in [3.8, 4) is 11.5 Å². The molecule has 3 amide bonds. The molecule has 1 unspecified atom stereocenters. The van der Waals surface area contributed by atoms with Crippen LogP contribution in [0.25, 0.3) is 0 Å². The lowest BCUT2D eigenvalue weighted by molar-refractivity contribution is -0.130. The maximum absolute atomic E-state index is 13.4. The number of rotatable bonds is 9. The summed E-state index contributed by atoms with van der Waals surface area (Å²) in [6.45, 7) is 5.90. The normalized spacial score (nSPS) is 17.6. The SMILES string of the molecule is COc1ccc(C2(C)NC(=O)N(CC(=O)c3cc(C)n(CCc4cccs4)c3C)C2=O)cc1OC. The molecular formula is C26H29N3O5S. The van der Waals surface area contributed by atoms with Crippen molar-refractivity contribution >= 4 is 29.1 Å². The summed E-state index contributed by atoms with van der Waals surface area (Å²) >= 11 is 1.71. The van der Waals surface area contributed by atoms with E-state index >= 15 is 0 Å². The van der Waals surface area contributed by atoms with Gasteiger partial charge in [-0.2, -0.15) is 0 Å². The fraction of sp³-hybridized carbons (Fsp3) is 0.346. The highest BCUT2D eigenvalue weighted by molar-refractivity contribution is 7.09. The Morgan fingerprint density at radius 2 is 1.83 bits per heavy atom. The second-order valence-electron chi connectivity index (χ2n) is 8.71. The average molecular weight is 496 g/mol. The predicted octanol–water partition coefficient (Wildman–Crippen LogP) is 4.08. The van der Waals surface area contributed by atoms with Gasteiger partial charge in [-0.15, -0.1) is 11.3 Å². The summed E-state index contributed by atoms with van der Waals surface area (Å²) in [6, 6.07) is 10.4. The number of aryl methyl sites for hydroxylation is 2. The number of carbonyl (C=O) groups excluding carboxylic acids is 3. The van der Waals surface area contributed by atoms with E-state index in [4.69, 9.17) is 9.47 Å². The van der Waals surface area contributed by atoms with Gasteiger partial charge in [-0.3, -0.25) is 14.5 Å². The van der Waals surface area contributed by atoms with Crippen LogP contribution in [0.5, 0.6) is 11.5 Å². The monoisotopic (exact) mass is 495 g/mol. The second kappa shape index (κ2) is 9.58. The van der Waals surface area contributed by atoms with Gasteiger partial charge in [0.25, 0.3) is 5.91 Å². The van der Waals surface area contributed by atoms with E-state index in [1.807, 2.05) is 31.4 Å². The Morgan fingerprint density at radius 3 is 2.49 bits per heavy atom. The number of ketones is 1. The van der Waals surface area contributed by atoms with Crippen molar-refractivity contribution in [1.82, 2.24) is 14.8 Å².